The molecule has 0 aromatic heterocycles. The van der Waals surface area contributed by atoms with Crippen LogP contribution in [0.25, 0.3) is 0 Å². The molecule has 2 aliphatic heterocycles. The highest BCUT2D eigenvalue weighted by Crippen LogP contribution is 2.36. The van der Waals surface area contributed by atoms with Crippen molar-refractivity contribution in [2.45, 2.75) is 46.2 Å². The topological polar surface area (TPSA) is 28.1 Å². The van der Waals surface area contributed by atoms with Crippen molar-refractivity contribution in [1.29, 1.82) is 0 Å². The molecule has 4 nitrogen and oxygen atoms in total. The van der Waals surface area contributed by atoms with Crippen LogP contribution in [0.15, 0.2) is 40.4 Å². The maximum Gasteiger partial charge on any atom is 0.401 e. The fourth-order valence-corrected chi connectivity index (χ4v) is 4.24. The number of rotatable bonds is 6. The molecule has 0 N–H and O–H groups in total. The Morgan fingerprint density at radius 1 is 1.13 bits per heavy atom. The molecule has 2 heterocycles. The van der Waals surface area contributed by atoms with E-state index in [1.165, 1.54) is 16.0 Å². The first-order chi connectivity index (χ1) is 14.2. The molecule has 0 aliphatic carbocycles. The molecule has 1 fully saturated rings. The predicted molar refractivity (Wildman–Crippen MR) is 117 cm³/mol. The Balaban J connectivity index is 2.16. The van der Waals surface area contributed by atoms with E-state index in [0.717, 1.165) is 25.2 Å². The summed E-state index contributed by atoms with van der Waals surface area (Å²) in [7, 11) is 1.66. The molecular formula is C23H36F3N3O. The Labute approximate surface area is 179 Å². The van der Waals surface area contributed by atoms with Gasteiger partial charge in [0.25, 0.3) is 0 Å². The third-order valence-electron chi connectivity index (χ3n) is 5.71. The quantitative estimate of drug-likeness (QED) is 0.607. The summed E-state index contributed by atoms with van der Waals surface area (Å²) in [5, 5.41) is 0. The van der Waals surface area contributed by atoms with Crippen LogP contribution in [0.2, 0.25) is 0 Å². The van der Waals surface area contributed by atoms with Crippen molar-refractivity contribution < 1.29 is 17.9 Å². The van der Waals surface area contributed by atoms with Crippen LogP contribution >= 0.6 is 0 Å². The van der Waals surface area contributed by atoms with Gasteiger partial charge in [-0.25, -0.2) is 0 Å². The Kier molecular flexibility index (Phi) is 9.16. The highest BCUT2D eigenvalue weighted by atomic mass is 19.4. The summed E-state index contributed by atoms with van der Waals surface area (Å²) in [6.45, 7) is 8.90. The SMILES string of the molecule is C\C=C/C=C1/CC(C)(CN2CCN(CC(F)(F)F)CC2)C(OC)=NC/C1=C\CCC. The smallest absolute Gasteiger partial charge is 0.401 e. The molecule has 2 aliphatic rings. The van der Waals surface area contributed by atoms with Gasteiger partial charge in [0.05, 0.1) is 25.6 Å². The van der Waals surface area contributed by atoms with E-state index in [9.17, 15) is 13.2 Å². The lowest BCUT2D eigenvalue weighted by Gasteiger charge is -2.40. The van der Waals surface area contributed by atoms with Gasteiger partial charge in [0, 0.05) is 32.7 Å². The Morgan fingerprint density at radius 3 is 2.37 bits per heavy atom. The molecule has 170 valence electrons. The zero-order chi connectivity index (χ0) is 22.2. The van der Waals surface area contributed by atoms with Crippen LogP contribution in [0.1, 0.15) is 40.0 Å². The van der Waals surface area contributed by atoms with E-state index in [2.05, 4.69) is 37.0 Å². The number of alkyl halides is 3. The number of unbranched alkanes of at least 4 members (excludes halogenated alkanes) is 1. The summed E-state index contributed by atoms with van der Waals surface area (Å²) in [6, 6.07) is 0. The van der Waals surface area contributed by atoms with Gasteiger partial charge in [-0.3, -0.25) is 14.8 Å². The third-order valence-corrected chi connectivity index (χ3v) is 5.71. The van der Waals surface area contributed by atoms with Crippen molar-refractivity contribution in [3.05, 3.63) is 35.5 Å². The summed E-state index contributed by atoms with van der Waals surface area (Å²) >= 11 is 0. The molecule has 0 saturated carbocycles. The monoisotopic (exact) mass is 427 g/mol. The second-order valence-electron chi connectivity index (χ2n) is 8.47. The van der Waals surface area contributed by atoms with Crippen molar-refractivity contribution in [1.82, 2.24) is 9.80 Å². The van der Waals surface area contributed by atoms with E-state index in [-0.39, 0.29) is 5.41 Å². The molecule has 30 heavy (non-hydrogen) atoms. The maximum atomic E-state index is 12.7. The Morgan fingerprint density at radius 2 is 1.80 bits per heavy atom. The molecule has 2 rings (SSSR count). The Hall–Kier alpha value is -1.60. The van der Waals surface area contributed by atoms with E-state index in [0.29, 0.717) is 39.3 Å². The fraction of sp³-hybridized carbons (Fsp3) is 0.696. The van der Waals surface area contributed by atoms with Gasteiger partial charge in [-0.05, 0) is 37.8 Å². The van der Waals surface area contributed by atoms with Gasteiger partial charge in [-0.2, -0.15) is 13.2 Å². The number of hydrogen-bond acceptors (Lipinski definition) is 4. The number of aliphatic imine (C=N–C) groups is 1. The van der Waals surface area contributed by atoms with Crippen LogP contribution < -0.4 is 0 Å². The highest BCUT2D eigenvalue weighted by Gasteiger charge is 2.39. The van der Waals surface area contributed by atoms with Gasteiger partial charge < -0.3 is 4.74 Å². The molecular weight excluding hydrogens is 391 g/mol. The minimum atomic E-state index is -4.14. The molecule has 0 spiro atoms. The van der Waals surface area contributed by atoms with Crippen molar-refractivity contribution in [3.63, 3.8) is 0 Å². The number of hydrogen-bond donors (Lipinski definition) is 0. The average Bonchev–Trinajstić information content (AvgIpc) is 2.81. The minimum Gasteiger partial charge on any atom is -0.484 e. The van der Waals surface area contributed by atoms with Crippen LogP contribution in [0, 0.1) is 5.41 Å². The van der Waals surface area contributed by atoms with Crippen molar-refractivity contribution in [2.75, 3.05) is 52.9 Å². The molecule has 0 bridgehead atoms. The van der Waals surface area contributed by atoms with Gasteiger partial charge in [0.2, 0.25) is 0 Å². The first-order valence-corrected chi connectivity index (χ1v) is 10.8. The normalized spacial score (nSPS) is 27.6. The van der Waals surface area contributed by atoms with Crippen LogP contribution in [-0.2, 0) is 4.74 Å². The van der Waals surface area contributed by atoms with E-state index < -0.39 is 12.7 Å². The minimum absolute atomic E-state index is 0.323. The van der Waals surface area contributed by atoms with Crippen molar-refractivity contribution in [3.8, 4) is 0 Å². The van der Waals surface area contributed by atoms with Crippen LogP contribution in [0.3, 0.4) is 0 Å². The number of methoxy groups -OCH3 is 1. The maximum absolute atomic E-state index is 12.7. The molecule has 0 aromatic carbocycles. The van der Waals surface area contributed by atoms with Gasteiger partial charge >= 0.3 is 6.18 Å². The molecule has 1 unspecified atom stereocenters. The highest BCUT2D eigenvalue weighted by molar-refractivity contribution is 5.84. The Bertz CT molecular complexity index is 674. The lowest BCUT2D eigenvalue weighted by Crippen LogP contribution is -2.52. The van der Waals surface area contributed by atoms with Gasteiger partial charge in [-0.15, -0.1) is 0 Å². The number of ether oxygens (including phenoxy) is 1. The molecule has 0 amide bonds. The van der Waals surface area contributed by atoms with Crippen molar-refractivity contribution >= 4 is 5.90 Å². The summed E-state index contributed by atoms with van der Waals surface area (Å²) in [4.78, 5) is 8.52. The third kappa shape index (κ3) is 7.27. The van der Waals surface area contributed by atoms with Crippen LogP contribution in [-0.4, -0.2) is 74.8 Å². The molecule has 0 aromatic rings. The standard InChI is InChI=1S/C23H36F3N3O/c1-5-7-9-19-15-22(3,21(30-4)27-16-20(19)10-8-6-2)17-28-11-13-29(14-12-28)18-23(24,25)26/h5,7,9-10H,6,8,11-18H2,1-4H3/b7-5-,19-9-,20-10+. The number of allylic oxidation sites excluding steroid dienone is 4. The summed E-state index contributed by atoms with van der Waals surface area (Å²) < 4.78 is 43.7. The first kappa shape index (κ1) is 24.7. The fourth-order valence-electron chi connectivity index (χ4n) is 4.24. The summed E-state index contributed by atoms with van der Waals surface area (Å²) in [5.41, 5.74) is 2.18. The second kappa shape index (κ2) is 11.1. The largest absolute Gasteiger partial charge is 0.484 e. The lowest BCUT2D eigenvalue weighted by atomic mass is 9.80. The van der Waals surface area contributed by atoms with E-state index in [1.54, 1.807) is 7.11 Å². The second-order valence-corrected chi connectivity index (χ2v) is 8.47. The number of nitrogens with zero attached hydrogens (tertiary/aromatic N) is 3. The summed E-state index contributed by atoms with van der Waals surface area (Å²) in [5.74, 6) is 0.728. The lowest BCUT2D eigenvalue weighted by molar-refractivity contribution is -0.149. The molecule has 7 heteroatoms. The molecule has 0 radical (unpaired) electrons. The number of halogens is 3. The van der Waals surface area contributed by atoms with E-state index in [4.69, 9.17) is 9.73 Å². The van der Waals surface area contributed by atoms with Gasteiger partial charge in [-0.1, -0.05) is 37.6 Å². The number of piperazine rings is 1. The van der Waals surface area contributed by atoms with E-state index in [1.807, 2.05) is 13.0 Å². The van der Waals surface area contributed by atoms with E-state index >= 15 is 0 Å². The van der Waals surface area contributed by atoms with Crippen molar-refractivity contribution in [2.24, 2.45) is 10.4 Å². The molecule has 1 saturated heterocycles. The zero-order valence-corrected chi connectivity index (χ0v) is 18.8. The zero-order valence-electron chi connectivity index (χ0n) is 18.8. The van der Waals surface area contributed by atoms with Gasteiger partial charge in [0.1, 0.15) is 0 Å². The summed E-state index contributed by atoms with van der Waals surface area (Å²) in [6.07, 6.45) is 7.26. The first-order valence-electron chi connectivity index (χ1n) is 10.8. The average molecular weight is 428 g/mol. The van der Waals surface area contributed by atoms with Gasteiger partial charge in [0.15, 0.2) is 5.90 Å². The predicted octanol–water partition coefficient (Wildman–Crippen LogP) is 4.85. The molecule has 1 atom stereocenters. The van der Waals surface area contributed by atoms with Crippen LogP contribution in [0.5, 0.6) is 0 Å². The van der Waals surface area contributed by atoms with Crippen LogP contribution in [0.4, 0.5) is 13.2 Å².